The number of rotatable bonds is 1. The lowest BCUT2D eigenvalue weighted by Crippen LogP contribution is -2.46. The molecule has 1 aromatic rings. The van der Waals surface area contributed by atoms with Gasteiger partial charge in [0.25, 0.3) is 5.91 Å². The highest BCUT2D eigenvalue weighted by atomic mass is 79.9. The molecule has 1 aliphatic rings. The van der Waals surface area contributed by atoms with E-state index < -0.39 is 0 Å². The first kappa shape index (κ1) is 11.6. The lowest BCUT2D eigenvalue weighted by molar-refractivity contribution is 0.0735. The molecule has 86 valence electrons. The van der Waals surface area contributed by atoms with Crippen molar-refractivity contribution >= 4 is 21.8 Å². The van der Waals surface area contributed by atoms with Gasteiger partial charge in [-0.1, -0.05) is 22.0 Å². The molecule has 1 amide bonds. The first-order valence-electron chi connectivity index (χ1n) is 5.44. The molecule has 16 heavy (non-hydrogen) atoms. The number of nitrogens with zero attached hydrogens (tertiary/aromatic N) is 1. The third-order valence-electron chi connectivity index (χ3n) is 2.83. The molecule has 0 unspecified atom stereocenters. The molecule has 1 aromatic carbocycles. The predicted octanol–water partition coefficient (Wildman–Crippen LogP) is 1.80. The molecule has 1 heterocycles. The van der Waals surface area contributed by atoms with Crippen LogP contribution in [-0.4, -0.2) is 37.0 Å². The molecule has 0 saturated carbocycles. The largest absolute Gasteiger partial charge is 0.336 e. The first-order chi connectivity index (χ1) is 7.68. The highest BCUT2D eigenvalue weighted by molar-refractivity contribution is 9.10. The van der Waals surface area contributed by atoms with Crippen LogP contribution in [0.3, 0.4) is 0 Å². The van der Waals surface area contributed by atoms with Crippen LogP contribution < -0.4 is 5.32 Å². The molecule has 0 radical (unpaired) electrons. The molecule has 0 aliphatic carbocycles. The fraction of sp³-hybridized carbons (Fsp3) is 0.417. The average Bonchev–Trinajstić information content (AvgIpc) is 2.32. The SMILES string of the molecule is Cc1ccc(Br)cc1C(=O)N1CCNCC1. The van der Waals surface area contributed by atoms with Gasteiger partial charge >= 0.3 is 0 Å². The lowest BCUT2D eigenvalue weighted by atomic mass is 10.1. The van der Waals surface area contributed by atoms with E-state index in [1.165, 1.54) is 0 Å². The van der Waals surface area contributed by atoms with E-state index in [-0.39, 0.29) is 5.91 Å². The number of nitrogens with one attached hydrogen (secondary N) is 1. The Morgan fingerprint density at radius 3 is 2.75 bits per heavy atom. The second-order valence-electron chi connectivity index (χ2n) is 4.00. The second kappa shape index (κ2) is 4.97. The van der Waals surface area contributed by atoms with E-state index in [1.54, 1.807) is 0 Å². The number of carbonyl (C=O) groups is 1. The molecule has 1 saturated heterocycles. The maximum absolute atomic E-state index is 12.3. The fourth-order valence-electron chi connectivity index (χ4n) is 1.86. The Labute approximate surface area is 104 Å². The Hall–Kier alpha value is -0.870. The first-order valence-corrected chi connectivity index (χ1v) is 6.24. The van der Waals surface area contributed by atoms with Gasteiger partial charge in [-0.05, 0) is 24.6 Å². The van der Waals surface area contributed by atoms with Gasteiger partial charge < -0.3 is 10.2 Å². The van der Waals surface area contributed by atoms with Gasteiger partial charge in [-0.3, -0.25) is 4.79 Å². The van der Waals surface area contributed by atoms with Gasteiger partial charge in [-0.25, -0.2) is 0 Å². The van der Waals surface area contributed by atoms with E-state index in [0.29, 0.717) is 0 Å². The number of piperazine rings is 1. The molecule has 1 fully saturated rings. The van der Waals surface area contributed by atoms with Crippen molar-refractivity contribution in [3.05, 3.63) is 33.8 Å². The Bertz CT molecular complexity index is 400. The summed E-state index contributed by atoms with van der Waals surface area (Å²) in [5, 5.41) is 3.24. The highest BCUT2D eigenvalue weighted by Crippen LogP contribution is 2.18. The van der Waals surface area contributed by atoms with E-state index in [0.717, 1.165) is 41.8 Å². The summed E-state index contributed by atoms with van der Waals surface area (Å²) in [7, 11) is 0. The van der Waals surface area contributed by atoms with Crippen LogP contribution in [0.4, 0.5) is 0 Å². The number of carbonyl (C=O) groups excluding carboxylic acids is 1. The molecule has 0 atom stereocenters. The zero-order chi connectivity index (χ0) is 11.5. The average molecular weight is 283 g/mol. The quantitative estimate of drug-likeness (QED) is 0.852. The van der Waals surface area contributed by atoms with Gasteiger partial charge in [0, 0.05) is 36.2 Å². The lowest BCUT2D eigenvalue weighted by Gasteiger charge is -2.28. The van der Waals surface area contributed by atoms with E-state index in [1.807, 2.05) is 30.0 Å². The summed E-state index contributed by atoms with van der Waals surface area (Å²) in [6.45, 7) is 5.34. The van der Waals surface area contributed by atoms with Gasteiger partial charge in [0.1, 0.15) is 0 Å². The number of hydrogen-bond acceptors (Lipinski definition) is 2. The topological polar surface area (TPSA) is 32.3 Å². The molecule has 1 N–H and O–H groups in total. The van der Waals surface area contributed by atoms with E-state index in [2.05, 4.69) is 21.2 Å². The van der Waals surface area contributed by atoms with Crippen molar-refractivity contribution in [3.8, 4) is 0 Å². The van der Waals surface area contributed by atoms with Gasteiger partial charge in [0.05, 0.1) is 0 Å². The molecule has 4 heteroatoms. The molecule has 0 aromatic heterocycles. The molecule has 0 spiro atoms. The van der Waals surface area contributed by atoms with Crippen LogP contribution in [0.5, 0.6) is 0 Å². The Balaban J connectivity index is 2.22. The summed E-state index contributed by atoms with van der Waals surface area (Å²) in [6, 6.07) is 5.84. The number of aryl methyl sites for hydroxylation is 1. The van der Waals surface area contributed by atoms with Crippen molar-refractivity contribution in [2.75, 3.05) is 26.2 Å². The maximum Gasteiger partial charge on any atom is 0.254 e. The number of amides is 1. The van der Waals surface area contributed by atoms with Gasteiger partial charge in [0.2, 0.25) is 0 Å². The van der Waals surface area contributed by atoms with E-state index in [9.17, 15) is 4.79 Å². The summed E-state index contributed by atoms with van der Waals surface area (Å²) in [5.41, 5.74) is 1.84. The number of halogens is 1. The highest BCUT2D eigenvalue weighted by Gasteiger charge is 2.19. The minimum atomic E-state index is 0.139. The standard InChI is InChI=1S/C12H15BrN2O/c1-9-2-3-10(13)8-11(9)12(16)15-6-4-14-5-7-15/h2-3,8,14H,4-7H2,1H3. The normalized spacial score (nSPS) is 16.2. The summed E-state index contributed by atoms with van der Waals surface area (Å²) in [6.07, 6.45) is 0. The molecule has 3 nitrogen and oxygen atoms in total. The monoisotopic (exact) mass is 282 g/mol. The Morgan fingerprint density at radius 2 is 2.06 bits per heavy atom. The Morgan fingerprint density at radius 1 is 1.38 bits per heavy atom. The van der Waals surface area contributed by atoms with Crippen molar-refractivity contribution in [2.24, 2.45) is 0 Å². The van der Waals surface area contributed by atoms with Crippen LogP contribution in [0, 0.1) is 6.92 Å². The van der Waals surface area contributed by atoms with Crippen molar-refractivity contribution < 1.29 is 4.79 Å². The van der Waals surface area contributed by atoms with Gasteiger partial charge in [-0.15, -0.1) is 0 Å². The third kappa shape index (κ3) is 2.44. The molecule has 0 bridgehead atoms. The summed E-state index contributed by atoms with van der Waals surface area (Å²) >= 11 is 3.41. The van der Waals surface area contributed by atoms with Gasteiger partial charge in [0.15, 0.2) is 0 Å². The molecular formula is C12H15BrN2O. The minimum Gasteiger partial charge on any atom is -0.336 e. The van der Waals surface area contributed by atoms with E-state index >= 15 is 0 Å². The van der Waals surface area contributed by atoms with Gasteiger partial charge in [-0.2, -0.15) is 0 Å². The van der Waals surface area contributed by atoms with E-state index in [4.69, 9.17) is 0 Å². The Kier molecular flexibility index (Phi) is 3.61. The second-order valence-corrected chi connectivity index (χ2v) is 4.92. The summed E-state index contributed by atoms with van der Waals surface area (Å²) in [5.74, 6) is 0.139. The number of hydrogen-bond donors (Lipinski definition) is 1. The smallest absolute Gasteiger partial charge is 0.254 e. The van der Waals surface area contributed by atoms with Crippen LogP contribution in [0.1, 0.15) is 15.9 Å². The zero-order valence-electron chi connectivity index (χ0n) is 9.29. The fourth-order valence-corrected chi connectivity index (χ4v) is 2.22. The third-order valence-corrected chi connectivity index (χ3v) is 3.33. The van der Waals surface area contributed by atoms with Crippen molar-refractivity contribution in [1.82, 2.24) is 10.2 Å². The van der Waals surface area contributed by atoms with Crippen LogP contribution >= 0.6 is 15.9 Å². The van der Waals surface area contributed by atoms with Crippen LogP contribution in [0.2, 0.25) is 0 Å². The minimum absolute atomic E-state index is 0.139. The predicted molar refractivity (Wildman–Crippen MR) is 67.7 cm³/mol. The summed E-state index contributed by atoms with van der Waals surface area (Å²) in [4.78, 5) is 14.2. The molecule has 2 rings (SSSR count). The van der Waals surface area contributed by atoms with Crippen LogP contribution in [0.15, 0.2) is 22.7 Å². The molecular weight excluding hydrogens is 268 g/mol. The molecule has 1 aliphatic heterocycles. The van der Waals surface area contributed by atoms with Crippen LogP contribution in [0.25, 0.3) is 0 Å². The van der Waals surface area contributed by atoms with Crippen LogP contribution in [-0.2, 0) is 0 Å². The van der Waals surface area contributed by atoms with Crippen molar-refractivity contribution in [3.63, 3.8) is 0 Å². The zero-order valence-corrected chi connectivity index (χ0v) is 10.9. The van der Waals surface area contributed by atoms with Crippen molar-refractivity contribution in [2.45, 2.75) is 6.92 Å². The summed E-state index contributed by atoms with van der Waals surface area (Å²) < 4.78 is 0.955. The number of benzene rings is 1. The van der Waals surface area contributed by atoms with Crippen molar-refractivity contribution in [1.29, 1.82) is 0 Å². The maximum atomic E-state index is 12.3.